The third-order valence-corrected chi connectivity index (χ3v) is 2.33. The summed E-state index contributed by atoms with van der Waals surface area (Å²) in [5.74, 6) is 0. The Morgan fingerprint density at radius 1 is 1.62 bits per heavy atom. The summed E-state index contributed by atoms with van der Waals surface area (Å²) in [7, 11) is -2.48. The smallest absolute Gasteiger partial charge is 0.350 e. The third-order valence-electron chi connectivity index (χ3n) is 1.84. The molecular weight excluding hydrogens is 198 g/mol. The lowest BCUT2D eigenvalue weighted by molar-refractivity contribution is 0.00328. The van der Waals surface area contributed by atoms with Crippen molar-refractivity contribution in [1.29, 1.82) is 0 Å². The van der Waals surface area contributed by atoms with Gasteiger partial charge >= 0.3 is 7.60 Å². The van der Waals surface area contributed by atoms with Gasteiger partial charge in [0, 0.05) is 0 Å². The Bertz CT molecular complexity index is 217. The normalized spacial score (nSPS) is 35.2. The second-order valence-corrected chi connectivity index (χ2v) is 4.62. The first-order valence-electron chi connectivity index (χ1n) is 3.86. The van der Waals surface area contributed by atoms with Gasteiger partial charge in [0.1, 0.15) is 26.4 Å². The van der Waals surface area contributed by atoms with Crippen LogP contribution in [0.5, 0.6) is 0 Å². The van der Waals surface area contributed by atoms with Crippen molar-refractivity contribution in [2.75, 3.05) is 13.0 Å². The average molecular weight is 210 g/mol. The fourth-order valence-electron chi connectivity index (χ4n) is 1.09. The maximum Gasteiger partial charge on any atom is 0.350 e. The topological polar surface area (TPSA) is 96.2 Å². The minimum atomic E-state index is -4.15. The molecule has 1 rings (SSSR count). The number of hydrogen-bond donors (Lipinski definition) is 3. The van der Waals surface area contributed by atoms with Gasteiger partial charge < -0.3 is 24.4 Å². The zero-order valence-corrected chi connectivity index (χ0v) is 8.05. The van der Waals surface area contributed by atoms with Gasteiger partial charge in [-0.3, -0.25) is 4.57 Å². The van der Waals surface area contributed by atoms with E-state index in [4.69, 9.17) is 19.3 Å². The quantitative estimate of drug-likeness (QED) is 0.363. The summed E-state index contributed by atoms with van der Waals surface area (Å²) in [6.45, 7) is 0.169. The second kappa shape index (κ2) is 4.08. The molecule has 0 aliphatic carbocycles. The first-order chi connectivity index (χ1) is 5.90. The summed E-state index contributed by atoms with van der Waals surface area (Å²) >= 11 is 0. The van der Waals surface area contributed by atoms with Crippen LogP contribution >= 0.6 is 7.60 Å². The van der Waals surface area contributed by atoms with Gasteiger partial charge in [0.2, 0.25) is 0 Å². The molecule has 0 bridgehead atoms. The highest BCUT2D eigenvalue weighted by molar-refractivity contribution is 7.51. The minimum Gasteiger partial charge on any atom is -0.388 e. The summed E-state index contributed by atoms with van der Waals surface area (Å²) in [6.07, 6.45) is -2.13. The molecule has 13 heavy (non-hydrogen) atoms. The summed E-state index contributed by atoms with van der Waals surface area (Å²) in [6, 6.07) is -0.346. The van der Waals surface area contributed by atoms with Crippen molar-refractivity contribution in [2.24, 2.45) is 0 Å². The summed E-state index contributed by atoms with van der Waals surface area (Å²) in [5, 5.41) is 9.35. The lowest BCUT2D eigenvalue weighted by atomic mass is 9.94. The van der Waals surface area contributed by atoms with Crippen molar-refractivity contribution in [3.63, 3.8) is 0 Å². The molecule has 0 aromatic carbocycles. The van der Waals surface area contributed by atoms with E-state index in [1.807, 2.05) is 0 Å². The molecule has 0 unspecified atom stereocenters. The Balaban J connectivity index is 2.35. The van der Waals surface area contributed by atoms with Gasteiger partial charge in [-0.25, -0.2) is 0 Å². The van der Waals surface area contributed by atoms with Gasteiger partial charge in [-0.05, 0) is 0 Å². The number of ether oxygens (including phenoxy) is 2. The maximum atomic E-state index is 10.4. The molecule has 1 aliphatic heterocycles. The highest BCUT2D eigenvalue weighted by atomic mass is 31.2. The Hall–Kier alpha value is 0.0949. The molecule has 3 N–H and O–H groups in total. The van der Waals surface area contributed by atoms with Crippen LogP contribution in [-0.2, 0) is 14.0 Å². The van der Waals surface area contributed by atoms with E-state index in [2.05, 4.69) is 0 Å². The van der Waals surface area contributed by atoms with Crippen molar-refractivity contribution in [3.8, 4) is 0 Å². The lowest BCUT2D eigenvalue weighted by Crippen LogP contribution is -2.32. The van der Waals surface area contributed by atoms with E-state index in [-0.39, 0.29) is 12.6 Å². The van der Waals surface area contributed by atoms with E-state index >= 15 is 0 Å². The van der Waals surface area contributed by atoms with Gasteiger partial charge in [-0.2, -0.15) is 0 Å². The largest absolute Gasteiger partial charge is 0.388 e. The van der Waals surface area contributed by atoms with Crippen LogP contribution in [0.4, 0.5) is 0 Å². The van der Waals surface area contributed by atoms with Gasteiger partial charge in [0.25, 0.3) is 0 Å². The van der Waals surface area contributed by atoms with Crippen molar-refractivity contribution in [3.05, 3.63) is 0 Å². The molecule has 1 saturated heterocycles. The molecule has 0 aromatic heterocycles. The number of aliphatic hydroxyl groups excluding tert-OH is 1. The van der Waals surface area contributed by atoms with E-state index in [1.165, 1.54) is 0 Å². The summed E-state index contributed by atoms with van der Waals surface area (Å²) < 4.78 is 20.3. The van der Waals surface area contributed by atoms with Crippen molar-refractivity contribution in [1.82, 2.24) is 0 Å². The molecule has 0 radical (unpaired) electrons. The minimum absolute atomic E-state index is 0.169. The highest BCUT2D eigenvalue weighted by Crippen LogP contribution is 2.35. The zero-order chi connectivity index (χ0) is 10.1. The number of hydrogen-bond acceptors (Lipinski definition) is 4. The average Bonchev–Trinajstić information content (AvgIpc) is 2.29. The lowest BCUT2D eigenvalue weighted by Gasteiger charge is -2.15. The fraction of sp³-hybridized carbons (Fsp3) is 1.00. The fourth-order valence-corrected chi connectivity index (χ4v) is 1.47. The summed E-state index contributed by atoms with van der Waals surface area (Å²) in [5.41, 5.74) is 0. The Morgan fingerprint density at radius 3 is 2.62 bits per heavy atom. The van der Waals surface area contributed by atoms with Crippen molar-refractivity contribution >= 4 is 15.4 Å². The van der Waals surface area contributed by atoms with Gasteiger partial charge in [0.05, 0.1) is 12.6 Å². The van der Waals surface area contributed by atoms with Crippen LogP contribution < -0.4 is 0 Å². The van der Waals surface area contributed by atoms with Gasteiger partial charge in [0.15, 0.2) is 0 Å². The molecule has 8 heteroatoms. The zero-order valence-electron chi connectivity index (χ0n) is 7.16. The molecular formula is C5H12BO6P. The van der Waals surface area contributed by atoms with Crippen molar-refractivity contribution < 1.29 is 28.9 Å². The molecule has 6 nitrogen and oxygen atoms in total. The van der Waals surface area contributed by atoms with Crippen LogP contribution in [0.15, 0.2) is 0 Å². The molecule has 76 valence electrons. The SMILES string of the molecule is B[C@@H]1OC[C@H](OCP(=O)(O)O)[C@H]1O. The van der Waals surface area contributed by atoms with Gasteiger partial charge in [-0.1, -0.05) is 0 Å². The first kappa shape index (κ1) is 11.2. The Labute approximate surface area is 76.4 Å². The van der Waals surface area contributed by atoms with Crippen LogP contribution in [0.2, 0.25) is 0 Å². The Kier molecular flexibility index (Phi) is 3.51. The standard InChI is InChI=1S/C5H12BO6P/c6-5-4(7)3(1-11-5)12-2-13(8,9)10/h3-5,7H,1-2,6H2,(H2,8,9,10)/t3-,4+,5+/m0/s1. The second-order valence-electron chi connectivity index (χ2n) is 3.03. The molecule has 0 aromatic rings. The van der Waals surface area contributed by atoms with E-state index in [9.17, 15) is 9.67 Å². The van der Waals surface area contributed by atoms with Gasteiger partial charge in [-0.15, -0.1) is 0 Å². The predicted octanol–water partition coefficient (Wildman–Crippen LogP) is -2.14. The van der Waals surface area contributed by atoms with Crippen LogP contribution in [0.1, 0.15) is 0 Å². The molecule has 1 aliphatic rings. The van der Waals surface area contributed by atoms with Crippen LogP contribution in [0.25, 0.3) is 0 Å². The molecule has 1 heterocycles. The number of aliphatic hydroxyl groups is 1. The summed E-state index contributed by atoms with van der Waals surface area (Å²) in [4.78, 5) is 17.0. The van der Waals surface area contributed by atoms with Crippen LogP contribution in [0, 0.1) is 0 Å². The number of rotatable bonds is 3. The van der Waals surface area contributed by atoms with E-state index in [1.54, 1.807) is 7.85 Å². The third kappa shape index (κ3) is 3.38. The predicted molar refractivity (Wildman–Crippen MR) is 46.1 cm³/mol. The molecule has 1 fully saturated rings. The van der Waals surface area contributed by atoms with Crippen molar-refractivity contribution in [2.45, 2.75) is 18.2 Å². The molecule has 0 saturated carbocycles. The monoisotopic (exact) mass is 210 g/mol. The Morgan fingerprint density at radius 2 is 2.23 bits per heavy atom. The maximum absolute atomic E-state index is 10.4. The molecule has 0 amide bonds. The first-order valence-corrected chi connectivity index (χ1v) is 5.66. The highest BCUT2D eigenvalue weighted by Gasteiger charge is 2.34. The van der Waals surface area contributed by atoms with E-state index in [0.717, 1.165) is 0 Å². The van der Waals surface area contributed by atoms with Crippen LogP contribution in [0.3, 0.4) is 0 Å². The van der Waals surface area contributed by atoms with E-state index in [0.29, 0.717) is 0 Å². The molecule has 3 atom stereocenters. The molecule has 0 spiro atoms. The van der Waals surface area contributed by atoms with E-state index < -0.39 is 26.2 Å². The van der Waals surface area contributed by atoms with Crippen LogP contribution in [-0.4, -0.2) is 53.9 Å².